The van der Waals surface area contributed by atoms with Gasteiger partial charge in [-0.25, -0.2) is 0 Å². The first kappa shape index (κ1) is 25.2. The third-order valence-electron chi connectivity index (χ3n) is 6.56. The number of hydrogen-bond acceptors (Lipinski definition) is 7. The first-order chi connectivity index (χ1) is 15.7. The number of para-hydroxylation sites is 2. The van der Waals surface area contributed by atoms with Gasteiger partial charge < -0.3 is 35.2 Å². The summed E-state index contributed by atoms with van der Waals surface area (Å²) >= 11 is 0. The predicted octanol–water partition coefficient (Wildman–Crippen LogP) is 0.428. The molecule has 9 nitrogen and oxygen atoms in total. The van der Waals surface area contributed by atoms with E-state index in [1.54, 1.807) is 7.05 Å². The number of allylic oxidation sites excluding steroid dienone is 1. The maximum Gasteiger partial charge on any atom is 0.252 e. The molecule has 33 heavy (non-hydrogen) atoms. The Labute approximate surface area is 194 Å². The molecule has 2 amide bonds. The summed E-state index contributed by atoms with van der Waals surface area (Å²) in [6, 6.07) is 6.53. The van der Waals surface area contributed by atoms with Crippen molar-refractivity contribution in [1.82, 2.24) is 5.32 Å². The molecule has 1 aromatic carbocycles. The third-order valence-corrected chi connectivity index (χ3v) is 6.56. The number of carbonyl (C=O) groups excluding carboxylic acids is 2. The first-order valence-electron chi connectivity index (χ1n) is 11.4. The number of anilines is 2. The number of ether oxygens (including phenoxy) is 1. The van der Waals surface area contributed by atoms with Gasteiger partial charge in [0.15, 0.2) is 6.10 Å². The van der Waals surface area contributed by atoms with Crippen LogP contribution in [0.1, 0.15) is 25.7 Å². The molecule has 0 unspecified atom stereocenters. The zero-order chi connectivity index (χ0) is 24.1. The molecule has 1 aliphatic carbocycles. The molecule has 1 heterocycles. The second kappa shape index (κ2) is 11.1. The highest BCUT2D eigenvalue weighted by atomic mass is 16.5. The summed E-state index contributed by atoms with van der Waals surface area (Å²) in [5.74, 6) is -0.712. The number of nitrogens with zero attached hydrogens (tertiary/aromatic N) is 2. The molecular weight excluding hydrogens is 426 g/mol. The molecule has 4 N–H and O–H groups in total. The fraction of sp³-hybridized carbons (Fsp3) is 0.583. The van der Waals surface area contributed by atoms with Crippen molar-refractivity contribution < 1.29 is 29.6 Å². The Morgan fingerprint density at radius 1 is 1.12 bits per heavy atom. The van der Waals surface area contributed by atoms with Crippen molar-refractivity contribution in [3.05, 3.63) is 36.4 Å². The van der Waals surface area contributed by atoms with Crippen LogP contribution in [0.2, 0.25) is 0 Å². The number of hydrogen-bond donors (Lipinski definition) is 4. The van der Waals surface area contributed by atoms with Crippen LogP contribution in [0, 0.1) is 5.92 Å². The molecule has 1 aromatic rings. The number of aliphatic hydroxyl groups excluding tert-OH is 3. The van der Waals surface area contributed by atoms with Gasteiger partial charge in [-0.05, 0) is 30.9 Å². The predicted molar refractivity (Wildman–Crippen MR) is 125 cm³/mol. The second-order valence-electron chi connectivity index (χ2n) is 8.89. The van der Waals surface area contributed by atoms with E-state index in [-0.39, 0.29) is 12.5 Å². The summed E-state index contributed by atoms with van der Waals surface area (Å²) in [5, 5.41) is 33.9. The molecule has 0 radical (unpaired) electrons. The van der Waals surface area contributed by atoms with Crippen molar-refractivity contribution in [3.63, 3.8) is 0 Å². The number of nitrogens with one attached hydrogen (secondary N) is 1. The van der Waals surface area contributed by atoms with E-state index in [1.807, 2.05) is 42.3 Å². The summed E-state index contributed by atoms with van der Waals surface area (Å²) < 4.78 is 5.15. The van der Waals surface area contributed by atoms with Crippen LogP contribution in [0.4, 0.5) is 11.4 Å². The zero-order valence-corrected chi connectivity index (χ0v) is 19.4. The number of methoxy groups -OCH3 is 1. The molecule has 9 heteroatoms. The van der Waals surface area contributed by atoms with E-state index >= 15 is 0 Å². The van der Waals surface area contributed by atoms with Gasteiger partial charge in [-0.15, -0.1) is 0 Å². The quantitative estimate of drug-likeness (QED) is 0.414. The fourth-order valence-electron chi connectivity index (χ4n) is 4.55. The number of carbonyl (C=O) groups is 2. The summed E-state index contributed by atoms with van der Waals surface area (Å²) in [7, 11) is 4.69. The lowest BCUT2D eigenvalue weighted by atomic mass is 9.99. The molecule has 0 spiro atoms. The van der Waals surface area contributed by atoms with Crippen molar-refractivity contribution >= 4 is 23.2 Å². The minimum Gasteiger partial charge on any atom is -0.387 e. The van der Waals surface area contributed by atoms with Crippen LogP contribution in [0.3, 0.4) is 0 Å². The Balaban J connectivity index is 1.66. The summed E-state index contributed by atoms with van der Waals surface area (Å²) in [5.41, 5.74) is 1.57. The van der Waals surface area contributed by atoms with Crippen LogP contribution in [-0.4, -0.2) is 85.3 Å². The van der Waals surface area contributed by atoms with Gasteiger partial charge >= 0.3 is 0 Å². The van der Waals surface area contributed by atoms with Gasteiger partial charge in [-0.2, -0.15) is 0 Å². The molecule has 3 rings (SSSR count). The lowest BCUT2D eigenvalue weighted by Crippen LogP contribution is -2.57. The summed E-state index contributed by atoms with van der Waals surface area (Å²) in [6.07, 6.45) is 1.52. The van der Waals surface area contributed by atoms with Gasteiger partial charge in [-0.3, -0.25) is 9.59 Å². The average molecular weight is 462 g/mol. The van der Waals surface area contributed by atoms with Gasteiger partial charge in [0, 0.05) is 27.7 Å². The van der Waals surface area contributed by atoms with Crippen LogP contribution < -0.4 is 15.1 Å². The highest BCUT2D eigenvalue weighted by Crippen LogP contribution is 2.30. The van der Waals surface area contributed by atoms with Gasteiger partial charge in [0.25, 0.3) is 11.8 Å². The van der Waals surface area contributed by atoms with E-state index in [4.69, 9.17) is 4.74 Å². The number of likely N-dealkylation sites (N-methyl/N-ethyl adjacent to an activating group) is 2. The maximum atomic E-state index is 13.0. The highest BCUT2D eigenvalue weighted by Gasteiger charge is 2.38. The Hall–Kier alpha value is -2.46. The maximum absolute atomic E-state index is 13.0. The van der Waals surface area contributed by atoms with Crippen LogP contribution in [-0.2, 0) is 14.3 Å². The molecule has 1 fully saturated rings. The molecule has 182 valence electrons. The molecule has 0 bridgehead atoms. The Morgan fingerprint density at radius 3 is 2.39 bits per heavy atom. The van der Waals surface area contributed by atoms with E-state index < -0.39 is 36.4 Å². The zero-order valence-electron chi connectivity index (χ0n) is 19.4. The fourth-order valence-corrected chi connectivity index (χ4v) is 4.55. The first-order valence-corrected chi connectivity index (χ1v) is 11.4. The third kappa shape index (κ3) is 5.73. The monoisotopic (exact) mass is 461 g/mol. The number of aliphatic hydroxyl groups is 3. The van der Waals surface area contributed by atoms with Crippen molar-refractivity contribution in [2.45, 2.75) is 56.1 Å². The van der Waals surface area contributed by atoms with Crippen molar-refractivity contribution in [2.75, 3.05) is 37.5 Å². The molecule has 2 aliphatic rings. The molecule has 1 aliphatic heterocycles. The normalized spacial score (nSPS) is 23.2. The van der Waals surface area contributed by atoms with Gasteiger partial charge in [0.1, 0.15) is 24.4 Å². The Bertz CT molecular complexity index is 856. The minimum atomic E-state index is -1.69. The van der Waals surface area contributed by atoms with Crippen LogP contribution in [0.25, 0.3) is 0 Å². The van der Waals surface area contributed by atoms with Gasteiger partial charge in [0.05, 0.1) is 11.4 Å². The minimum absolute atomic E-state index is 0.216. The molecular formula is C24H35N3O6. The molecule has 0 saturated heterocycles. The van der Waals surface area contributed by atoms with E-state index in [2.05, 4.69) is 5.32 Å². The van der Waals surface area contributed by atoms with Crippen LogP contribution in [0.15, 0.2) is 36.4 Å². The average Bonchev–Trinajstić information content (AvgIpc) is 3.32. The van der Waals surface area contributed by atoms with Crippen molar-refractivity contribution in [1.29, 1.82) is 0 Å². The second-order valence-corrected chi connectivity index (χ2v) is 8.89. The Kier molecular flexibility index (Phi) is 8.47. The van der Waals surface area contributed by atoms with Crippen LogP contribution >= 0.6 is 0 Å². The lowest BCUT2D eigenvalue weighted by Gasteiger charge is -2.29. The van der Waals surface area contributed by atoms with E-state index in [1.165, 1.54) is 18.1 Å². The molecule has 5 atom stereocenters. The van der Waals surface area contributed by atoms with Crippen molar-refractivity contribution in [2.24, 2.45) is 5.92 Å². The number of rotatable bonds is 8. The van der Waals surface area contributed by atoms with E-state index in [0.29, 0.717) is 5.92 Å². The van der Waals surface area contributed by atoms with E-state index in [9.17, 15) is 24.9 Å². The molecule has 1 saturated carbocycles. The summed E-state index contributed by atoms with van der Waals surface area (Å²) in [6.45, 7) is 0.216. The lowest BCUT2D eigenvalue weighted by molar-refractivity contribution is -0.150. The Morgan fingerprint density at radius 2 is 1.76 bits per heavy atom. The number of fused-ring (bicyclic) bond motifs is 1. The molecule has 0 aromatic heterocycles. The van der Waals surface area contributed by atoms with Gasteiger partial charge in [0.2, 0.25) is 0 Å². The number of benzene rings is 1. The van der Waals surface area contributed by atoms with Crippen LogP contribution in [0.5, 0.6) is 0 Å². The van der Waals surface area contributed by atoms with E-state index in [0.717, 1.165) is 37.1 Å². The van der Waals surface area contributed by atoms with Gasteiger partial charge in [-0.1, -0.05) is 37.1 Å². The SMILES string of the molecule is CO[C@@H](C(=O)N[C@H]1CN(C)c2ccccc2N(C)C1=O)[C@H](O)[C@@H](O)[C@H](O)C=CC1CCCC1. The topological polar surface area (TPSA) is 123 Å². The smallest absolute Gasteiger partial charge is 0.252 e. The summed E-state index contributed by atoms with van der Waals surface area (Å²) in [4.78, 5) is 29.3. The highest BCUT2D eigenvalue weighted by molar-refractivity contribution is 6.03. The van der Waals surface area contributed by atoms with Crippen molar-refractivity contribution in [3.8, 4) is 0 Å². The largest absolute Gasteiger partial charge is 0.387 e. The standard InChI is InChI=1S/C24H35N3O6/c1-26-14-16(24(32)27(2)18-11-7-6-10-17(18)26)25-23(31)22(33-3)21(30)20(29)19(28)13-12-15-8-4-5-9-15/h6-7,10-13,15-16,19-22,28-30H,4-5,8-9,14H2,1-3H3,(H,25,31)/t16-,19+,20-,21+,22+/m0/s1. The number of amides is 2.